The Morgan fingerprint density at radius 3 is 2.50 bits per heavy atom. The lowest BCUT2D eigenvalue weighted by Gasteiger charge is -2.03. The quantitative estimate of drug-likeness (QED) is 0.826. The summed E-state index contributed by atoms with van der Waals surface area (Å²) in [4.78, 5) is 1.21. The summed E-state index contributed by atoms with van der Waals surface area (Å²) in [7, 11) is 0. The first kappa shape index (κ1) is 13.9. The molecule has 0 amide bonds. The third-order valence-electron chi connectivity index (χ3n) is 2.27. The maximum Gasteiger partial charge on any atom is 0.179 e. The number of nitrogens with zero attached hydrogens (tertiary/aromatic N) is 2. The van der Waals surface area contributed by atoms with Gasteiger partial charge in [-0.05, 0) is 30.5 Å². The van der Waals surface area contributed by atoms with Crippen molar-refractivity contribution in [3.63, 3.8) is 0 Å². The van der Waals surface area contributed by atoms with E-state index in [0.29, 0.717) is 0 Å². The summed E-state index contributed by atoms with van der Waals surface area (Å²) in [6.45, 7) is 4.04. The van der Waals surface area contributed by atoms with Crippen LogP contribution in [0.1, 0.15) is 12.5 Å². The second-order valence-electron chi connectivity index (χ2n) is 3.56. The first-order chi connectivity index (χ1) is 8.81. The van der Waals surface area contributed by atoms with Gasteiger partial charge in [-0.2, -0.15) is 0 Å². The van der Waals surface area contributed by atoms with Gasteiger partial charge in [0.25, 0.3) is 0 Å². The normalized spacial score (nSPS) is 10.8. The molecular weight excluding hydrogens is 282 g/mol. The van der Waals surface area contributed by atoms with E-state index in [1.165, 1.54) is 10.5 Å². The number of hydrogen-bond donors (Lipinski definition) is 1. The Labute approximate surface area is 120 Å². The van der Waals surface area contributed by atoms with Crippen molar-refractivity contribution in [3.8, 4) is 0 Å². The van der Waals surface area contributed by atoms with Crippen LogP contribution in [-0.4, -0.2) is 23.0 Å². The molecule has 0 radical (unpaired) electrons. The second-order valence-corrected chi connectivity index (χ2v) is 6.92. The molecule has 1 aromatic heterocycles. The van der Waals surface area contributed by atoms with E-state index in [2.05, 4.69) is 46.7 Å². The Hall–Kier alpha value is -0.560. The number of nitrogens with one attached hydrogen (secondary N) is 1. The molecule has 0 unspecified atom stereocenters. The van der Waals surface area contributed by atoms with Crippen LogP contribution < -0.4 is 5.32 Å². The topological polar surface area (TPSA) is 37.8 Å². The third kappa shape index (κ3) is 3.98. The maximum absolute atomic E-state index is 4.15. The summed E-state index contributed by atoms with van der Waals surface area (Å²) in [6.07, 6.45) is 2.02. The molecule has 1 heterocycles. The molecule has 0 aliphatic carbocycles. The van der Waals surface area contributed by atoms with Crippen molar-refractivity contribution in [2.24, 2.45) is 0 Å². The molecule has 0 saturated heterocycles. The lowest BCUT2D eigenvalue weighted by atomic mass is 10.2. The van der Waals surface area contributed by atoms with E-state index in [4.69, 9.17) is 0 Å². The van der Waals surface area contributed by atoms with E-state index in [-0.39, 0.29) is 0 Å². The summed E-state index contributed by atoms with van der Waals surface area (Å²) >= 11 is 4.94. The summed E-state index contributed by atoms with van der Waals surface area (Å²) < 4.78 is 2.01. The van der Waals surface area contributed by atoms with Crippen LogP contribution in [0.15, 0.2) is 37.8 Å². The second kappa shape index (κ2) is 7.13. The molecule has 18 heavy (non-hydrogen) atoms. The fraction of sp³-hybridized carbons (Fsp3) is 0.333. The standard InChI is InChI=1S/C12H15N3S3/c1-3-13-8-9-4-6-10(7-5-9)17-12-15-14-11(16-2)18-12/h4-7,13H,3,8H2,1-2H3. The molecule has 1 N–H and O–H groups in total. The van der Waals surface area contributed by atoms with E-state index in [0.717, 1.165) is 21.8 Å². The summed E-state index contributed by atoms with van der Waals surface area (Å²) in [5.41, 5.74) is 1.31. The van der Waals surface area contributed by atoms with Gasteiger partial charge in [0.1, 0.15) is 0 Å². The van der Waals surface area contributed by atoms with Crippen molar-refractivity contribution < 1.29 is 0 Å². The zero-order valence-electron chi connectivity index (χ0n) is 10.3. The average molecular weight is 297 g/mol. The SMILES string of the molecule is CCNCc1ccc(Sc2nnc(SC)s2)cc1. The van der Waals surface area contributed by atoms with Crippen LogP contribution in [-0.2, 0) is 6.54 Å². The van der Waals surface area contributed by atoms with Gasteiger partial charge in [0, 0.05) is 11.4 Å². The minimum Gasteiger partial charge on any atom is -0.313 e. The molecule has 6 heteroatoms. The van der Waals surface area contributed by atoms with Crippen molar-refractivity contribution in [2.75, 3.05) is 12.8 Å². The fourth-order valence-corrected chi connectivity index (χ4v) is 3.78. The Bertz CT molecular complexity index is 482. The number of benzene rings is 1. The molecule has 3 nitrogen and oxygen atoms in total. The van der Waals surface area contributed by atoms with Crippen LogP contribution in [0.3, 0.4) is 0 Å². The number of aromatic nitrogens is 2. The molecule has 0 spiro atoms. The molecule has 0 fully saturated rings. The van der Waals surface area contributed by atoms with Crippen LogP contribution in [0.2, 0.25) is 0 Å². The fourth-order valence-electron chi connectivity index (χ4n) is 1.37. The highest BCUT2D eigenvalue weighted by Crippen LogP contribution is 2.32. The van der Waals surface area contributed by atoms with Crippen molar-refractivity contribution in [1.29, 1.82) is 0 Å². The summed E-state index contributed by atoms with van der Waals surface area (Å²) in [5.74, 6) is 0. The Balaban J connectivity index is 1.97. The summed E-state index contributed by atoms with van der Waals surface area (Å²) in [5, 5.41) is 11.6. The minimum absolute atomic E-state index is 0.927. The van der Waals surface area contributed by atoms with Crippen molar-refractivity contribution in [3.05, 3.63) is 29.8 Å². The van der Waals surface area contributed by atoms with Gasteiger partial charge in [-0.3, -0.25) is 0 Å². The van der Waals surface area contributed by atoms with Gasteiger partial charge < -0.3 is 5.32 Å². The third-order valence-corrected chi connectivity index (χ3v) is 5.23. The number of rotatable bonds is 6. The predicted octanol–water partition coefficient (Wildman–Crippen LogP) is 3.52. The van der Waals surface area contributed by atoms with E-state index in [9.17, 15) is 0 Å². The molecule has 96 valence electrons. The van der Waals surface area contributed by atoms with E-state index in [1.54, 1.807) is 34.9 Å². The molecule has 0 saturated carbocycles. The van der Waals surface area contributed by atoms with Gasteiger partial charge in [-0.15, -0.1) is 10.2 Å². The van der Waals surface area contributed by atoms with Crippen molar-refractivity contribution >= 4 is 34.9 Å². The Morgan fingerprint density at radius 1 is 1.17 bits per heavy atom. The van der Waals surface area contributed by atoms with Crippen LogP contribution >= 0.6 is 34.9 Å². The largest absolute Gasteiger partial charge is 0.313 e. The summed E-state index contributed by atoms with van der Waals surface area (Å²) in [6, 6.07) is 8.58. The zero-order valence-corrected chi connectivity index (χ0v) is 12.8. The van der Waals surface area contributed by atoms with Gasteiger partial charge >= 0.3 is 0 Å². The van der Waals surface area contributed by atoms with Gasteiger partial charge in [0.15, 0.2) is 8.68 Å². The molecule has 0 atom stereocenters. The Morgan fingerprint density at radius 2 is 1.89 bits per heavy atom. The smallest absolute Gasteiger partial charge is 0.179 e. The first-order valence-corrected chi connectivity index (χ1v) is 8.52. The molecule has 1 aromatic carbocycles. The van der Waals surface area contributed by atoms with Gasteiger partial charge in [0.2, 0.25) is 0 Å². The van der Waals surface area contributed by atoms with Gasteiger partial charge in [-0.25, -0.2) is 0 Å². The van der Waals surface area contributed by atoms with E-state index in [1.807, 2.05) is 6.26 Å². The molecule has 2 aromatic rings. The molecule has 0 bridgehead atoms. The predicted molar refractivity (Wildman–Crippen MR) is 79.6 cm³/mol. The highest BCUT2D eigenvalue weighted by molar-refractivity contribution is 8.03. The molecule has 2 rings (SSSR count). The number of hydrogen-bond acceptors (Lipinski definition) is 6. The highest BCUT2D eigenvalue weighted by Gasteiger charge is 2.05. The zero-order chi connectivity index (χ0) is 12.8. The van der Waals surface area contributed by atoms with Crippen molar-refractivity contribution in [2.45, 2.75) is 27.0 Å². The van der Waals surface area contributed by atoms with Crippen LogP contribution in [0.5, 0.6) is 0 Å². The van der Waals surface area contributed by atoms with Crippen molar-refractivity contribution in [1.82, 2.24) is 15.5 Å². The molecule has 0 aliphatic rings. The lowest BCUT2D eigenvalue weighted by Crippen LogP contribution is -2.11. The molecular formula is C12H15N3S3. The highest BCUT2D eigenvalue weighted by atomic mass is 32.2. The van der Waals surface area contributed by atoms with Crippen LogP contribution in [0.4, 0.5) is 0 Å². The van der Waals surface area contributed by atoms with E-state index >= 15 is 0 Å². The van der Waals surface area contributed by atoms with Crippen LogP contribution in [0, 0.1) is 0 Å². The number of thioether (sulfide) groups is 1. The minimum atomic E-state index is 0.927. The van der Waals surface area contributed by atoms with Gasteiger partial charge in [-0.1, -0.05) is 53.9 Å². The monoisotopic (exact) mass is 297 g/mol. The Kier molecular flexibility index (Phi) is 5.49. The average Bonchev–Trinajstić information content (AvgIpc) is 2.86. The first-order valence-electron chi connectivity index (χ1n) is 5.67. The van der Waals surface area contributed by atoms with Gasteiger partial charge in [0.05, 0.1) is 0 Å². The van der Waals surface area contributed by atoms with Crippen LogP contribution in [0.25, 0.3) is 0 Å². The van der Waals surface area contributed by atoms with E-state index < -0.39 is 0 Å². The maximum atomic E-state index is 4.15. The lowest BCUT2D eigenvalue weighted by molar-refractivity contribution is 0.726. The molecule has 0 aliphatic heterocycles.